The lowest BCUT2D eigenvalue weighted by Crippen LogP contribution is -2.43. The van der Waals surface area contributed by atoms with Crippen molar-refractivity contribution >= 4 is 21.7 Å². The molecule has 2 aromatic heterocycles. The molecule has 1 amide bonds. The second kappa shape index (κ2) is 9.53. The lowest BCUT2D eigenvalue weighted by atomic mass is 9.90. The Hall–Kier alpha value is -3.66. The maximum Gasteiger partial charge on any atom is 0.281 e. The van der Waals surface area contributed by atoms with Crippen LogP contribution in [0.5, 0.6) is 17.4 Å². The minimum Gasteiger partial charge on any atom is -0.497 e. The van der Waals surface area contributed by atoms with Crippen LogP contribution in [-0.4, -0.2) is 43.5 Å². The highest BCUT2D eigenvalue weighted by Crippen LogP contribution is 2.38. The summed E-state index contributed by atoms with van der Waals surface area (Å²) in [6, 6.07) is 14.3. The Morgan fingerprint density at radius 1 is 1.09 bits per heavy atom. The number of hydrogen-bond donors (Lipinski definition) is 1. The molecule has 4 rings (SSSR count). The second-order valence-corrected chi connectivity index (χ2v) is 10.5. The minimum absolute atomic E-state index is 0.0698. The normalized spacial score (nSPS) is 17.1. The Morgan fingerprint density at radius 3 is 2.46 bits per heavy atom. The van der Waals surface area contributed by atoms with Gasteiger partial charge in [-0.1, -0.05) is 13.0 Å². The van der Waals surface area contributed by atoms with Crippen molar-refractivity contribution in [3.63, 3.8) is 0 Å². The first kappa shape index (κ1) is 24.5. The van der Waals surface area contributed by atoms with Crippen molar-refractivity contribution in [3.05, 3.63) is 66.4 Å². The maximum absolute atomic E-state index is 13.1. The number of nitrogens with zero attached hydrogens (tertiary/aromatic N) is 3. The molecular formula is C25H28N4O5S. The molecular weight excluding hydrogens is 468 g/mol. The van der Waals surface area contributed by atoms with Gasteiger partial charge in [0.1, 0.15) is 17.3 Å². The molecule has 1 atom stereocenters. The van der Waals surface area contributed by atoms with Gasteiger partial charge >= 0.3 is 0 Å². The molecule has 1 aliphatic heterocycles. The molecule has 10 heteroatoms. The molecule has 1 N–H and O–H groups in total. The first-order valence-electron chi connectivity index (χ1n) is 11.2. The molecule has 1 unspecified atom stereocenters. The van der Waals surface area contributed by atoms with Gasteiger partial charge < -0.3 is 14.4 Å². The van der Waals surface area contributed by atoms with Crippen LogP contribution >= 0.6 is 0 Å². The van der Waals surface area contributed by atoms with Gasteiger partial charge in [0.15, 0.2) is 5.03 Å². The average Bonchev–Trinajstić information content (AvgIpc) is 3.11. The monoisotopic (exact) mass is 496 g/mol. The van der Waals surface area contributed by atoms with Crippen LogP contribution in [0.1, 0.15) is 37.6 Å². The third kappa shape index (κ3) is 5.07. The van der Waals surface area contributed by atoms with Crippen molar-refractivity contribution < 1.29 is 22.7 Å². The molecule has 3 aromatic rings. The summed E-state index contributed by atoms with van der Waals surface area (Å²) in [4.78, 5) is 23.7. The van der Waals surface area contributed by atoms with Crippen LogP contribution in [0.4, 0.5) is 5.82 Å². The van der Waals surface area contributed by atoms with E-state index in [1.54, 1.807) is 49.7 Å². The number of pyridine rings is 2. The van der Waals surface area contributed by atoms with Gasteiger partial charge in [0.25, 0.3) is 15.9 Å². The fourth-order valence-corrected chi connectivity index (χ4v) is 4.92. The lowest BCUT2D eigenvalue weighted by molar-refractivity contribution is 0.0981. The van der Waals surface area contributed by atoms with Gasteiger partial charge in [0.2, 0.25) is 5.88 Å². The molecule has 1 aromatic carbocycles. The Balaban J connectivity index is 1.55. The molecule has 1 aliphatic rings. The number of carbonyl (C=O) groups excluding carboxylic acids is 1. The van der Waals surface area contributed by atoms with Gasteiger partial charge in [-0.15, -0.1) is 0 Å². The zero-order chi connectivity index (χ0) is 25.2. The highest BCUT2D eigenvalue weighted by molar-refractivity contribution is 7.90. The Bertz CT molecular complexity index is 1330. The van der Waals surface area contributed by atoms with Gasteiger partial charge in [-0.05, 0) is 68.7 Å². The van der Waals surface area contributed by atoms with Crippen molar-refractivity contribution in [2.75, 3.05) is 18.6 Å². The smallest absolute Gasteiger partial charge is 0.281 e. The van der Waals surface area contributed by atoms with E-state index in [1.807, 2.05) is 0 Å². The van der Waals surface area contributed by atoms with Gasteiger partial charge in [-0.3, -0.25) is 4.79 Å². The number of methoxy groups -OCH3 is 1. The second-order valence-electron chi connectivity index (χ2n) is 8.90. The third-order valence-electron chi connectivity index (χ3n) is 6.46. The summed E-state index contributed by atoms with van der Waals surface area (Å²) in [6.07, 6.45) is 2.55. The molecule has 3 heterocycles. The quantitative estimate of drug-likeness (QED) is 0.522. The van der Waals surface area contributed by atoms with Crippen LogP contribution in [0.15, 0.2) is 65.8 Å². The summed E-state index contributed by atoms with van der Waals surface area (Å²) in [5.41, 5.74) is -0.0411. The van der Waals surface area contributed by atoms with E-state index in [4.69, 9.17) is 9.47 Å². The number of amides is 1. The van der Waals surface area contributed by atoms with Crippen molar-refractivity contribution in [1.82, 2.24) is 14.7 Å². The molecule has 0 radical (unpaired) electrons. The molecule has 0 aliphatic carbocycles. The van der Waals surface area contributed by atoms with Crippen molar-refractivity contribution in [3.8, 4) is 17.4 Å². The van der Waals surface area contributed by atoms with Crippen molar-refractivity contribution in [1.29, 1.82) is 0 Å². The highest BCUT2D eigenvalue weighted by atomic mass is 32.2. The van der Waals surface area contributed by atoms with E-state index in [9.17, 15) is 13.2 Å². The number of benzene rings is 1. The summed E-state index contributed by atoms with van der Waals surface area (Å²) in [5, 5.41) is -0.336. The number of sulfonamides is 1. The van der Waals surface area contributed by atoms with E-state index in [0.29, 0.717) is 23.2 Å². The number of carbonyl (C=O) groups is 1. The standard InChI is InChI=1S/C25H28N4O5S/c1-17-14-16-29(25(17,2)3)23-20(7-6-15-26-23)24(30)28-35(31,32)22-9-5-8-21(27-22)34-19-12-10-18(33-4)11-13-19/h5-13,15,17H,14,16H2,1-4H3,(H,28,30). The topological polar surface area (TPSA) is 111 Å². The average molecular weight is 497 g/mol. The lowest BCUT2D eigenvalue weighted by Gasteiger charge is -2.36. The van der Waals surface area contributed by atoms with Crippen LogP contribution in [0.3, 0.4) is 0 Å². The van der Waals surface area contributed by atoms with Crippen molar-refractivity contribution in [2.45, 2.75) is 37.8 Å². The van der Waals surface area contributed by atoms with E-state index in [2.05, 4.69) is 40.4 Å². The summed E-state index contributed by atoms with van der Waals surface area (Å²) in [6.45, 7) is 7.07. The summed E-state index contributed by atoms with van der Waals surface area (Å²) in [7, 11) is -2.71. The van der Waals surface area contributed by atoms with E-state index in [1.165, 1.54) is 18.2 Å². The SMILES string of the molecule is COc1ccc(Oc2cccc(S(=O)(=O)NC(=O)c3cccnc3N3CCC(C)C3(C)C)n2)cc1. The molecule has 35 heavy (non-hydrogen) atoms. The highest BCUT2D eigenvalue weighted by Gasteiger charge is 2.40. The number of nitrogens with one attached hydrogen (secondary N) is 1. The summed E-state index contributed by atoms with van der Waals surface area (Å²) in [5.74, 6) is 1.26. The fourth-order valence-electron chi connectivity index (χ4n) is 3.99. The van der Waals surface area contributed by atoms with Crippen LogP contribution in [-0.2, 0) is 10.0 Å². The molecule has 184 valence electrons. The van der Waals surface area contributed by atoms with Crippen LogP contribution in [0.2, 0.25) is 0 Å². The van der Waals surface area contributed by atoms with Gasteiger partial charge in [0, 0.05) is 24.3 Å². The van der Waals surface area contributed by atoms with Gasteiger partial charge in [0.05, 0.1) is 12.7 Å². The molecule has 0 spiro atoms. The molecule has 0 saturated carbocycles. The minimum atomic E-state index is -4.27. The Kier molecular flexibility index (Phi) is 6.66. The largest absolute Gasteiger partial charge is 0.497 e. The van der Waals surface area contributed by atoms with E-state index in [-0.39, 0.29) is 22.0 Å². The Labute approximate surface area is 205 Å². The number of rotatable bonds is 7. The Morgan fingerprint density at radius 2 is 1.80 bits per heavy atom. The summed E-state index contributed by atoms with van der Waals surface area (Å²) < 4.78 is 38.9. The van der Waals surface area contributed by atoms with Crippen LogP contribution < -0.4 is 19.1 Å². The van der Waals surface area contributed by atoms with E-state index in [0.717, 1.165) is 13.0 Å². The molecule has 9 nitrogen and oxygen atoms in total. The van der Waals surface area contributed by atoms with Crippen LogP contribution in [0, 0.1) is 5.92 Å². The van der Waals surface area contributed by atoms with E-state index >= 15 is 0 Å². The first-order valence-corrected chi connectivity index (χ1v) is 12.7. The number of ether oxygens (including phenoxy) is 2. The molecule has 1 saturated heterocycles. The van der Waals surface area contributed by atoms with E-state index < -0.39 is 15.9 Å². The molecule has 1 fully saturated rings. The van der Waals surface area contributed by atoms with Crippen LogP contribution in [0.25, 0.3) is 0 Å². The van der Waals surface area contributed by atoms with Crippen molar-refractivity contribution in [2.24, 2.45) is 5.92 Å². The first-order chi connectivity index (χ1) is 16.6. The van der Waals surface area contributed by atoms with Gasteiger partial charge in [-0.25, -0.2) is 9.71 Å². The third-order valence-corrected chi connectivity index (χ3v) is 7.69. The fraction of sp³-hybridized carbons (Fsp3) is 0.320. The molecule has 0 bridgehead atoms. The van der Waals surface area contributed by atoms with Gasteiger partial charge in [-0.2, -0.15) is 13.4 Å². The number of anilines is 1. The maximum atomic E-state index is 13.1. The zero-order valence-corrected chi connectivity index (χ0v) is 20.9. The summed E-state index contributed by atoms with van der Waals surface area (Å²) >= 11 is 0. The number of hydrogen-bond acceptors (Lipinski definition) is 8. The zero-order valence-electron chi connectivity index (χ0n) is 20.1. The predicted molar refractivity (Wildman–Crippen MR) is 131 cm³/mol. The number of aromatic nitrogens is 2. The predicted octanol–water partition coefficient (Wildman–Crippen LogP) is 4.02.